The Hall–Kier alpha value is -1.13. The fourth-order valence-corrected chi connectivity index (χ4v) is 3.92. The minimum atomic E-state index is -0.852. The number of esters is 1. The predicted molar refractivity (Wildman–Crippen MR) is 99.0 cm³/mol. The number of carbonyl (C=O) groups excluding carboxylic acids is 1. The monoisotopic (exact) mass is 350 g/mol. The van der Waals surface area contributed by atoms with E-state index in [1.165, 1.54) is 0 Å². The Balaban J connectivity index is 2.06. The Bertz CT molecular complexity index is 480. The number of fused-ring (bicyclic) bond motifs is 1. The van der Waals surface area contributed by atoms with Crippen LogP contribution in [0, 0.1) is 11.8 Å². The van der Waals surface area contributed by atoms with E-state index < -0.39 is 11.7 Å². The van der Waals surface area contributed by atoms with Crippen molar-refractivity contribution < 1.29 is 19.7 Å². The summed E-state index contributed by atoms with van der Waals surface area (Å²) < 4.78 is 5.63. The van der Waals surface area contributed by atoms with Crippen LogP contribution in [0.1, 0.15) is 71.6 Å². The Morgan fingerprint density at radius 1 is 1.36 bits per heavy atom. The summed E-state index contributed by atoms with van der Waals surface area (Å²) in [5.74, 6) is -0.163. The van der Waals surface area contributed by atoms with Gasteiger partial charge in [-0.1, -0.05) is 50.5 Å². The summed E-state index contributed by atoms with van der Waals surface area (Å²) in [6, 6.07) is 0. The van der Waals surface area contributed by atoms with Gasteiger partial charge >= 0.3 is 5.97 Å². The molecule has 4 nitrogen and oxygen atoms in total. The van der Waals surface area contributed by atoms with Crippen molar-refractivity contribution in [2.24, 2.45) is 11.8 Å². The molecule has 0 aromatic carbocycles. The quantitative estimate of drug-likeness (QED) is 0.433. The lowest BCUT2D eigenvalue weighted by atomic mass is 9.87. The molecular weight excluding hydrogens is 316 g/mol. The second-order valence-corrected chi connectivity index (χ2v) is 7.85. The summed E-state index contributed by atoms with van der Waals surface area (Å²) in [4.78, 5) is 11.9. The number of rotatable bonds is 6. The highest BCUT2D eigenvalue weighted by Gasteiger charge is 2.43. The third-order valence-corrected chi connectivity index (χ3v) is 5.46. The number of aliphatic hydroxyl groups excluding tert-OH is 1. The molecule has 0 amide bonds. The minimum Gasteiger partial charge on any atom is -0.462 e. The molecule has 142 valence electrons. The number of hydrogen-bond donors (Lipinski definition) is 2. The van der Waals surface area contributed by atoms with Gasteiger partial charge in [-0.25, -0.2) is 0 Å². The van der Waals surface area contributed by atoms with E-state index in [0.29, 0.717) is 12.8 Å². The largest absolute Gasteiger partial charge is 0.462 e. The van der Waals surface area contributed by atoms with Gasteiger partial charge in [-0.3, -0.25) is 4.79 Å². The average Bonchev–Trinajstić information content (AvgIpc) is 2.84. The van der Waals surface area contributed by atoms with Crippen LogP contribution in [0.3, 0.4) is 0 Å². The van der Waals surface area contributed by atoms with Crippen molar-refractivity contribution in [3.05, 3.63) is 24.3 Å². The lowest BCUT2D eigenvalue weighted by molar-refractivity contribution is -0.151. The maximum Gasteiger partial charge on any atom is 0.306 e. The van der Waals surface area contributed by atoms with Gasteiger partial charge in [0.05, 0.1) is 11.7 Å². The number of allylic oxidation sites excluding steroid dienone is 2. The summed E-state index contributed by atoms with van der Waals surface area (Å²) in [6.45, 7) is 3.97. The molecule has 5 atom stereocenters. The lowest BCUT2D eigenvalue weighted by Gasteiger charge is -2.25. The molecule has 1 saturated carbocycles. The third-order valence-electron chi connectivity index (χ3n) is 5.46. The van der Waals surface area contributed by atoms with Crippen LogP contribution in [0.5, 0.6) is 0 Å². The Kier molecular flexibility index (Phi) is 7.70. The molecule has 0 bridgehead atoms. The normalized spacial score (nSPS) is 34.3. The lowest BCUT2D eigenvalue weighted by Crippen LogP contribution is -2.26. The Morgan fingerprint density at radius 3 is 2.92 bits per heavy atom. The smallest absolute Gasteiger partial charge is 0.306 e. The standard InChI is InChI=1S/C21H34O4/c1-3-4-9-13-21(2,24)14-12-16-17-10-7-5-6-8-11-20(23)25-19(17)15-18(16)22/h5,7,12,14,16-19,22,24H,3-4,6,8-11,13,15H2,1-2H3/b7-5-,14-12+/t16-,17-,18-,19+,21?/m1/s1. The van der Waals surface area contributed by atoms with Gasteiger partial charge in [0.1, 0.15) is 6.10 Å². The molecule has 2 rings (SSSR count). The van der Waals surface area contributed by atoms with Crippen molar-refractivity contribution in [3.63, 3.8) is 0 Å². The van der Waals surface area contributed by atoms with Crippen molar-refractivity contribution in [1.82, 2.24) is 0 Å². The first kappa shape index (κ1) is 20.2. The fourth-order valence-electron chi connectivity index (χ4n) is 3.92. The van der Waals surface area contributed by atoms with Gasteiger partial charge in [-0.2, -0.15) is 0 Å². The molecule has 1 aliphatic heterocycles. The molecule has 0 radical (unpaired) electrons. The highest BCUT2D eigenvalue weighted by Crippen LogP contribution is 2.39. The van der Waals surface area contributed by atoms with E-state index in [0.717, 1.165) is 44.9 Å². The zero-order valence-corrected chi connectivity index (χ0v) is 15.7. The van der Waals surface area contributed by atoms with Gasteiger partial charge in [0.25, 0.3) is 0 Å². The van der Waals surface area contributed by atoms with Crippen molar-refractivity contribution in [2.45, 2.75) is 89.4 Å². The first-order chi connectivity index (χ1) is 11.9. The molecule has 0 saturated heterocycles. The molecule has 0 aromatic heterocycles. The molecule has 2 aliphatic rings. The average molecular weight is 350 g/mol. The van der Waals surface area contributed by atoms with Crippen LogP contribution in [-0.2, 0) is 9.53 Å². The minimum absolute atomic E-state index is 0.0796. The van der Waals surface area contributed by atoms with E-state index in [4.69, 9.17) is 4.74 Å². The van der Waals surface area contributed by atoms with Crippen molar-refractivity contribution >= 4 is 5.97 Å². The van der Waals surface area contributed by atoms with Crippen LogP contribution in [0.25, 0.3) is 0 Å². The van der Waals surface area contributed by atoms with E-state index in [1.807, 2.05) is 19.1 Å². The number of unbranched alkanes of at least 4 members (excludes halogenated alkanes) is 2. The number of aliphatic hydroxyl groups is 2. The SMILES string of the molecule is CCCCCC(C)(O)/C=C/[C@@H]1[C@H]2C/C=C\CCCC(=O)O[C@H]2C[C@H]1O. The maximum absolute atomic E-state index is 11.9. The zero-order chi connectivity index (χ0) is 18.3. The van der Waals surface area contributed by atoms with Gasteiger partial charge in [-0.05, 0) is 32.6 Å². The second-order valence-electron chi connectivity index (χ2n) is 7.85. The number of hydrogen-bond acceptors (Lipinski definition) is 4. The highest BCUT2D eigenvalue weighted by atomic mass is 16.5. The van der Waals surface area contributed by atoms with Crippen LogP contribution in [0.4, 0.5) is 0 Å². The highest BCUT2D eigenvalue weighted by molar-refractivity contribution is 5.69. The molecule has 1 aliphatic carbocycles. The maximum atomic E-state index is 11.9. The topological polar surface area (TPSA) is 66.8 Å². The van der Waals surface area contributed by atoms with E-state index in [1.54, 1.807) is 0 Å². The second kappa shape index (κ2) is 9.54. The van der Waals surface area contributed by atoms with E-state index in [-0.39, 0.29) is 23.9 Å². The summed E-state index contributed by atoms with van der Waals surface area (Å²) in [6.07, 6.45) is 14.7. The van der Waals surface area contributed by atoms with Gasteiger partial charge < -0.3 is 14.9 Å². The van der Waals surface area contributed by atoms with Crippen LogP contribution in [-0.4, -0.2) is 34.0 Å². The van der Waals surface area contributed by atoms with E-state index in [9.17, 15) is 15.0 Å². The zero-order valence-electron chi connectivity index (χ0n) is 15.7. The molecule has 0 spiro atoms. The summed E-state index contributed by atoms with van der Waals surface area (Å²) in [5, 5.41) is 21.0. The fraction of sp³-hybridized carbons (Fsp3) is 0.762. The first-order valence-electron chi connectivity index (χ1n) is 9.87. The van der Waals surface area contributed by atoms with Crippen molar-refractivity contribution in [1.29, 1.82) is 0 Å². The van der Waals surface area contributed by atoms with Gasteiger partial charge in [0.15, 0.2) is 0 Å². The van der Waals surface area contributed by atoms with Crippen LogP contribution in [0.15, 0.2) is 24.3 Å². The first-order valence-corrected chi connectivity index (χ1v) is 9.87. The predicted octanol–water partition coefficient (Wildman–Crippen LogP) is 3.91. The van der Waals surface area contributed by atoms with Crippen LogP contribution < -0.4 is 0 Å². The molecule has 1 unspecified atom stereocenters. The van der Waals surface area contributed by atoms with Crippen LogP contribution >= 0.6 is 0 Å². The van der Waals surface area contributed by atoms with Crippen molar-refractivity contribution in [2.75, 3.05) is 0 Å². The summed E-state index contributed by atoms with van der Waals surface area (Å²) in [5.41, 5.74) is -0.852. The van der Waals surface area contributed by atoms with Gasteiger partial charge in [0.2, 0.25) is 0 Å². The Labute approximate surface area is 152 Å². The van der Waals surface area contributed by atoms with Crippen LogP contribution in [0.2, 0.25) is 0 Å². The number of ether oxygens (including phenoxy) is 1. The molecule has 1 heterocycles. The molecule has 1 fully saturated rings. The molecule has 0 aromatic rings. The molecule has 2 N–H and O–H groups in total. The van der Waals surface area contributed by atoms with E-state index in [2.05, 4.69) is 19.1 Å². The summed E-state index contributed by atoms with van der Waals surface area (Å²) >= 11 is 0. The number of carbonyl (C=O) groups is 1. The van der Waals surface area contributed by atoms with Gasteiger partial charge in [-0.15, -0.1) is 0 Å². The Morgan fingerprint density at radius 2 is 2.16 bits per heavy atom. The van der Waals surface area contributed by atoms with Crippen molar-refractivity contribution in [3.8, 4) is 0 Å². The van der Waals surface area contributed by atoms with E-state index >= 15 is 0 Å². The molecule has 25 heavy (non-hydrogen) atoms. The molecular formula is C21H34O4. The third kappa shape index (κ3) is 6.27. The summed E-state index contributed by atoms with van der Waals surface area (Å²) in [7, 11) is 0. The van der Waals surface area contributed by atoms with Gasteiger partial charge in [0, 0.05) is 24.7 Å². The molecule has 4 heteroatoms.